The molecule has 0 fully saturated rings. The molecule has 0 aliphatic heterocycles. The van der Waals surface area contributed by atoms with Crippen LogP contribution in [0.2, 0.25) is 0 Å². The minimum atomic E-state index is -0.231. The van der Waals surface area contributed by atoms with E-state index in [9.17, 15) is 9.90 Å². The van der Waals surface area contributed by atoms with Gasteiger partial charge in [-0.25, -0.2) is 0 Å². The molecule has 0 aliphatic carbocycles. The Morgan fingerprint density at radius 1 is 1.11 bits per heavy atom. The molecule has 4 heteroatoms. The summed E-state index contributed by atoms with van der Waals surface area (Å²) < 4.78 is 0. The maximum atomic E-state index is 11.1. The van der Waals surface area contributed by atoms with Gasteiger partial charge in [0, 0.05) is 11.3 Å². The summed E-state index contributed by atoms with van der Waals surface area (Å²) in [6.45, 7) is -0.0405. The molecule has 0 saturated heterocycles. The topological polar surface area (TPSA) is 75.4 Å². The Labute approximate surface area is 105 Å². The van der Waals surface area contributed by atoms with E-state index in [2.05, 4.69) is 5.32 Å². The van der Waals surface area contributed by atoms with Crippen LogP contribution in [0.5, 0.6) is 5.75 Å². The first-order valence-electron chi connectivity index (χ1n) is 5.59. The van der Waals surface area contributed by atoms with Gasteiger partial charge in [0.05, 0.1) is 6.54 Å². The van der Waals surface area contributed by atoms with Gasteiger partial charge in [-0.3, -0.25) is 4.79 Å². The third-order valence-electron chi connectivity index (χ3n) is 2.57. The summed E-state index contributed by atoms with van der Waals surface area (Å²) >= 11 is 0. The lowest BCUT2D eigenvalue weighted by atomic mass is 10.0. The van der Waals surface area contributed by atoms with Crippen molar-refractivity contribution in [2.24, 2.45) is 5.73 Å². The van der Waals surface area contributed by atoms with Crippen molar-refractivity contribution in [3.05, 3.63) is 48.5 Å². The van der Waals surface area contributed by atoms with Gasteiger partial charge in [0.1, 0.15) is 5.75 Å². The SMILES string of the molecule is NCC(=O)Nc1ccc(-c2ccccc2O)cc1. The number of nitrogens with two attached hydrogens (primary N) is 1. The fraction of sp³-hybridized carbons (Fsp3) is 0.0714. The zero-order valence-electron chi connectivity index (χ0n) is 9.76. The second kappa shape index (κ2) is 5.33. The Balaban J connectivity index is 2.23. The summed E-state index contributed by atoms with van der Waals surface area (Å²) in [6, 6.07) is 14.3. The summed E-state index contributed by atoms with van der Waals surface area (Å²) in [5, 5.41) is 12.4. The Kier molecular flexibility index (Phi) is 3.60. The van der Waals surface area contributed by atoms with Crippen LogP contribution in [-0.2, 0) is 4.79 Å². The molecule has 4 nitrogen and oxygen atoms in total. The summed E-state index contributed by atoms with van der Waals surface area (Å²) in [7, 11) is 0. The van der Waals surface area contributed by atoms with Crippen LogP contribution < -0.4 is 11.1 Å². The standard InChI is InChI=1S/C14H14N2O2/c15-9-14(18)16-11-7-5-10(6-8-11)12-3-1-2-4-13(12)17/h1-8,17H,9,15H2,(H,16,18). The molecule has 0 aromatic heterocycles. The Morgan fingerprint density at radius 2 is 1.78 bits per heavy atom. The van der Waals surface area contributed by atoms with Gasteiger partial charge in [-0.15, -0.1) is 0 Å². The van der Waals surface area contributed by atoms with Gasteiger partial charge in [-0.1, -0.05) is 30.3 Å². The first kappa shape index (κ1) is 12.1. The minimum absolute atomic E-state index is 0.0405. The molecule has 2 aromatic rings. The Morgan fingerprint density at radius 3 is 2.39 bits per heavy atom. The highest BCUT2D eigenvalue weighted by Crippen LogP contribution is 2.29. The lowest BCUT2D eigenvalue weighted by molar-refractivity contribution is -0.114. The smallest absolute Gasteiger partial charge is 0.238 e. The number of para-hydroxylation sites is 1. The van der Waals surface area contributed by atoms with E-state index in [1.165, 1.54) is 0 Å². The number of amides is 1. The number of nitrogens with one attached hydrogen (secondary N) is 1. The van der Waals surface area contributed by atoms with Crippen molar-refractivity contribution in [3.63, 3.8) is 0 Å². The third kappa shape index (κ3) is 2.67. The van der Waals surface area contributed by atoms with Gasteiger partial charge in [0.25, 0.3) is 0 Å². The molecular formula is C14H14N2O2. The van der Waals surface area contributed by atoms with E-state index >= 15 is 0 Å². The molecule has 92 valence electrons. The monoisotopic (exact) mass is 242 g/mol. The largest absolute Gasteiger partial charge is 0.507 e. The van der Waals surface area contributed by atoms with E-state index < -0.39 is 0 Å². The minimum Gasteiger partial charge on any atom is -0.507 e. The van der Waals surface area contributed by atoms with Gasteiger partial charge in [-0.05, 0) is 23.8 Å². The van der Waals surface area contributed by atoms with Crippen LogP contribution in [-0.4, -0.2) is 17.6 Å². The van der Waals surface area contributed by atoms with Crippen LogP contribution in [0, 0.1) is 0 Å². The quantitative estimate of drug-likeness (QED) is 0.770. The van der Waals surface area contributed by atoms with Crippen LogP contribution in [0.1, 0.15) is 0 Å². The number of aromatic hydroxyl groups is 1. The molecule has 0 unspecified atom stereocenters. The first-order chi connectivity index (χ1) is 8.70. The van der Waals surface area contributed by atoms with E-state index in [0.717, 1.165) is 11.1 Å². The molecule has 0 radical (unpaired) electrons. The summed E-state index contributed by atoms with van der Waals surface area (Å²) in [5.41, 5.74) is 7.55. The normalized spacial score (nSPS) is 10.1. The van der Waals surface area contributed by atoms with Gasteiger partial charge in [0.15, 0.2) is 0 Å². The van der Waals surface area contributed by atoms with E-state index in [4.69, 9.17) is 5.73 Å². The van der Waals surface area contributed by atoms with Crippen molar-refractivity contribution in [1.29, 1.82) is 0 Å². The van der Waals surface area contributed by atoms with Crippen molar-refractivity contribution in [1.82, 2.24) is 0 Å². The number of benzene rings is 2. The maximum Gasteiger partial charge on any atom is 0.238 e. The number of hydrogen-bond acceptors (Lipinski definition) is 3. The second-order valence-corrected chi connectivity index (χ2v) is 3.85. The summed E-state index contributed by atoms with van der Waals surface area (Å²) in [5.74, 6) is 0.00144. The molecule has 18 heavy (non-hydrogen) atoms. The number of phenolic OH excluding ortho intramolecular Hbond substituents is 1. The average Bonchev–Trinajstić information content (AvgIpc) is 2.40. The molecule has 0 saturated carbocycles. The van der Waals surface area contributed by atoms with Crippen molar-refractivity contribution >= 4 is 11.6 Å². The molecule has 0 bridgehead atoms. The highest BCUT2D eigenvalue weighted by Gasteiger charge is 2.04. The number of carbonyl (C=O) groups is 1. The zero-order chi connectivity index (χ0) is 13.0. The lowest BCUT2D eigenvalue weighted by Crippen LogP contribution is -2.21. The molecule has 0 atom stereocenters. The van der Waals surface area contributed by atoms with Crippen LogP contribution in [0.25, 0.3) is 11.1 Å². The number of rotatable bonds is 3. The number of hydrogen-bond donors (Lipinski definition) is 3. The number of anilines is 1. The summed E-state index contributed by atoms with van der Waals surface area (Å²) in [6.07, 6.45) is 0. The fourth-order valence-corrected chi connectivity index (χ4v) is 1.66. The number of phenols is 1. The lowest BCUT2D eigenvalue weighted by Gasteiger charge is -2.07. The second-order valence-electron chi connectivity index (χ2n) is 3.85. The molecule has 0 spiro atoms. The average molecular weight is 242 g/mol. The van der Waals surface area contributed by atoms with Crippen LogP contribution in [0.15, 0.2) is 48.5 Å². The van der Waals surface area contributed by atoms with Gasteiger partial charge in [-0.2, -0.15) is 0 Å². The molecule has 0 heterocycles. The molecule has 4 N–H and O–H groups in total. The van der Waals surface area contributed by atoms with Gasteiger partial charge in [0.2, 0.25) is 5.91 Å². The molecule has 2 rings (SSSR count). The van der Waals surface area contributed by atoms with Crippen molar-refractivity contribution < 1.29 is 9.90 Å². The molecule has 1 amide bonds. The number of carbonyl (C=O) groups excluding carboxylic acids is 1. The fourth-order valence-electron chi connectivity index (χ4n) is 1.66. The predicted molar refractivity (Wildman–Crippen MR) is 71.2 cm³/mol. The van der Waals surface area contributed by atoms with E-state index in [1.54, 1.807) is 24.3 Å². The molecular weight excluding hydrogens is 228 g/mol. The maximum absolute atomic E-state index is 11.1. The van der Waals surface area contributed by atoms with E-state index in [0.29, 0.717) is 5.69 Å². The van der Waals surface area contributed by atoms with Crippen LogP contribution in [0.3, 0.4) is 0 Å². The highest BCUT2D eigenvalue weighted by molar-refractivity contribution is 5.92. The van der Waals surface area contributed by atoms with Gasteiger partial charge >= 0.3 is 0 Å². The molecule has 0 aliphatic rings. The Bertz CT molecular complexity index is 550. The highest BCUT2D eigenvalue weighted by atomic mass is 16.3. The van der Waals surface area contributed by atoms with Crippen molar-refractivity contribution in [2.45, 2.75) is 0 Å². The van der Waals surface area contributed by atoms with Crippen molar-refractivity contribution in [2.75, 3.05) is 11.9 Å². The Hall–Kier alpha value is -2.33. The third-order valence-corrected chi connectivity index (χ3v) is 2.57. The first-order valence-corrected chi connectivity index (χ1v) is 5.59. The zero-order valence-corrected chi connectivity index (χ0v) is 9.76. The predicted octanol–water partition coefficient (Wildman–Crippen LogP) is 1.96. The van der Waals surface area contributed by atoms with Crippen molar-refractivity contribution in [3.8, 4) is 16.9 Å². The van der Waals surface area contributed by atoms with E-state index in [-0.39, 0.29) is 18.2 Å². The van der Waals surface area contributed by atoms with Crippen LogP contribution in [0.4, 0.5) is 5.69 Å². The van der Waals surface area contributed by atoms with Gasteiger partial charge < -0.3 is 16.2 Å². The molecule has 2 aromatic carbocycles. The van der Waals surface area contributed by atoms with Crippen LogP contribution >= 0.6 is 0 Å². The summed E-state index contributed by atoms with van der Waals surface area (Å²) in [4.78, 5) is 11.1. The van der Waals surface area contributed by atoms with E-state index in [1.807, 2.05) is 24.3 Å².